The number of hydrogen-bond donors (Lipinski definition) is 2. The summed E-state index contributed by atoms with van der Waals surface area (Å²) in [4.78, 5) is 0. The van der Waals surface area contributed by atoms with Crippen LogP contribution in [0.4, 0.5) is 5.69 Å². The molecule has 54 valence electrons. The largest absolute Gasteiger partial charge is 0.872 e. The summed E-state index contributed by atoms with van der Waals surface area (Å²) in [6.07, 6.45) is 0. The molecular weight excluding hydrogens is 130 g/mol. The minimum absolute atomic E-state index is 0.109. The molecular formula is C7H8NO2-. The molecule has 3 heteroatoms. The number of hydrogen-bond acceptors (Lipinski definition) is 3. The van der Waals surface area contributed by atoms with Crippen LogP contribution < -0.4 is 10.6 Å². The lowest BCUT2D eigenvalue weighted by molar-refractivity contribution is -0.268. The second-order valence-electron chi connectivity index (χ2n) is 2.09. The summed E-state index contributed by atoms with van der Waals surface area (Å²) >= 11 is 0. The lowest BCUT2D eigenvalue weighted by Crippen LogP contribution is -1.95. The molecule has 0 radical (unpaired) electrons. The van der Waals surface area contributed by atoms with Crippen molar-refractivity contribution < 1.29 is 10.3 Å². The minimum Gasteiger partial charge on any atom is -0.872 e. The second-order valence-corrected chi connectivity index (χ2v) is 2.09. The average Bonchev–Trinajstić information content (AvgIpc) is 1.94. The van der Waals surface area contributed by atoms with Gasteiger partial charge in [0.2, 0.25) is 0 Å². The van der Waals surface area contributed by atoms with E-state index in [-0.39, 0.29) is 5.75 Å². The maximum atomic E-state index is 10.7. The highest BCUT2D eigenvalue weighted by molar-refractivity contribution is 5.52. The Hall–Kier alpha value is -1.22. The normalized spacial score (nSPS) is 9.40. The Balaban J connectivity index is 3.09. The van der Waals surface area contributed by atoms with Crippen molar-refractivity contribution in [2.75, 3.05) is 5.48 Å². The zero-order valence-electron chi connectivity index (χ0n) is 5.59. The van der Waals surface area contributed by atoms with Crippen molar-refractivity contribution in [2.24, 2.45) is 0 Å². The smallest absolute Gasteiger partial charge is 0.0625 e. The van der Waals surface area contributed by atoms with Gasteiger partial charge in [-0.2, -0.15) is 0 Å². The number of anilines is 1. The molecule has 1 aromatic rings. The van der Waals surface area contributed by atoms with Crippen molar-refractivity contribution in [3.05, 3.63) is 23.8 Å². The van der Waals surface area contributed by atoms with Crippen LogP contribution in [0.25, 0.3) is 0 Å². The van der Waals surface area contributed by atoms with Gasteiger partial charge in [-0.15, -0.1) is 5.75 Å². The summed E-state index contributed by atoms with van der Waals surface area (Å²) in [5.41, 5.74) is 3.25. The zero-order chi connectivity index (χ0) is 7.56. The standard InChI is InChI=1S/C7H9NO2/c1-5-2-3-6(9)4-7(5)8-10/h2-4,8-10H,1H3/p-1. The van der Waals surface area contributed by atoms with Crippen LogP contribution in [0.5, 0.6) is 5.75 Å². The average molecular weight is 138 g/mol. The Morgan fingerprint density at radius 2 is 2.20 bits per heavy atom. The Morgan fingerprint density at radius 3 is 2.70 bits per heavy atom. The van der Waals surface area contributed by atoms with Crippen LogP contribution in [0.2, 0.25) is 0 Å². The van der Waals surface area contributed by atoms with Crippen molar-refractivity contribution >= 4 is 5.69 Å². The predicted molar refractivity (Wildman–Crippen MR) is 36.0 cm³/mol. The Labute approximate surface area is 58.9 Å². The summed E-state index contributed by atoms with van der Waals surface area (Å²) in [5, 5.41) is 19.1. The van der Waals surface area contributed by atoms with Crippen molar-refractivity contribution in [3.63, 3.8) is 0 Å². The Kier molecular flexibility index (Phi) is 1.78. The predicted octanol–water partition coefficient (Wildman–Crippen LogP) is 0.870. The van der Waals surface area contributed by atoms with Crippen molar-refractivity contribution in [2.45, 2.75) is 6.92 Å². The fourth-order valence-corrected chi connectivity index (χ4v) is 0.722. The van der Waals surface area contributed by atoms with Crippen LogP contribution in [0.3, 0.4) is 0 Å². The van der Waals surface area contributed by atoms with Crippen LogP contribution in [0.15, 0.2) is 18.2 Å². The van der Waals surface area contributed by atoms with Crippen LogP contribution in [-0.4, -0.2) is 5.21 Å². The van der Waals surface area contributed by atoms with E-state index in [0.29, 0.717) is 5.69 Å². The van der Waals surface area contributed by atoms with Gasteiger partial charge in [0, 0.05) is 0 Å². The van der Waals surface area contributed by atoms with Gasteiger partial charge in [-0.25, -0.2) is 0 Å². The van der Waals surface area contributed by atoms with Gasteiger partial charge >= 0.3 is 0 Å². The van der Waals surface area contributed by atoms with Crippen LogP contribution in [0, 0.1) is 6.92 Å². The van der Waals surface area contributed by atoms with E-state index in [2.05, 4.69) is 0 Å². The summed E-state index contributed by atoms with van der Waals surface area (Å²) in [7, 11) is 0. The first-order chi connectivity index (χ1) is 4.74. The molecule has 0 fully saturated rings. The maximum Gasteiger partial charge on any atom is 0.0625 e. The highest BCUT2D eigenvalue weighted by Crippen LogP contribution is 2.17. The topological polar surface area (TPSA) is 55.3 Å². The number of rotatable bonds is 1. The molecule has 0 bridgehead atoms. The van der Waals surface area contributed by atoms with E-state index >= 15 is 0 Å². The minimum atomic E-state index is -0.109. The molecule has 0 atom stereocenters. The summed E-state index contributed by atoms with van der Waals surface area (Å²) in [5.74, 6) is -0.109. The van der Waals surface area contributed by atoms with E-state index in [1.165, 1.54) is 12.1 Å². The molecule has 1 rings (SSSR count). The fraction of sp³-hybridized carbons (Fsp3) is 0.143. The maximum absolute atomic E-state index is 10.7. The molecule has 2 N–H and O–H groups in total. The Bertz CT molecular complexity index is 235. The third-order valence-corrected chi connectivity index (χ3v) is 1.33. The first-order valence-electron chi connectivity index (χ1n) is 2.92. The molecule has 1 aromatic carbocycles. The summed E-state index contributed by atoms with van der Waals surface area (Å²) in [6, 6.07) is 4.45. The van der Waals surface area contributed by atoms with Gasteiger partial charge in [0.25, 0.3) is 0 Å². The quantitative estimate of drug-likeness (QED) is 0.566. The van der Waals surface area contributed by atoms with Crippen molar-refractivity contribution in [3.8, 4) is 5.75 Å². The molecule has 10 heavy (non-hydrogen) atoms. The molecule has 0 unspecified atom stereocenters. The highest BCUT2D eigenvalue weighted by atomic mass is 16.5. The first kappa shape index (κ1) is 6.89. The van der Waals surface area contributed by atoms with Gasteiger partial charge in [0.05, 0.1) is 5.69 Å². The molecule has 0 spiro atoms. The molecule has 0 aliphatic heterocycles. The SMILES string of the molecule is Cc1ccc([O-])cc1NO. The van der Waals surface area contributed by atoms with E-state index in [0.717, 1.165) is 5.56 Å². The van der Waals surface area contributed by atoms with Gasteiger partial charge in [-0.05, 0) is 18.6 Å². The molecule has 0 heterocycles. The lowest BCUT2D eigenvalue weighted by atomic mass is 10.2. The molecule has 0 aliphatic rings. The number of benzene rings is 1. The van der Waals surface area contributed by atoms with E-state index in [1.54, 1.807) is 13.0 Å². The van der Waals surface area contributed by atoms with Gasteiger partial charge in [-0.3, -0.25) is 10.7 Å². The highest BCUT2D eigenvalue weighted by Gasteiger charge is 1.91. The molecule has 0 amide bonds. The third kappa shape index (κ3) is 1.19. The molecule has 0 aromatic heterocycles. The van der Waals surface area contributed by atoms with E-state index in [4.69, 9.17) is 5.21 Å². The monoisotopic (exact) mass is 138 g/mol. The summed E-state index contributed by atoms with van der Waals surface area (Å²) < 4.78 is 0. The van der Waals surface area contributed by atoms with Crippen LogP contribution in [0.1, 0.15) is 5.56 Å². The van der Waals surface area contributed by atoms with Gasteiger partial charge in [0.1, 0.15) is 0 Å². The summed E-state index contributed by atoms with van der Waals surface area (Å²) in [6.45, 7) is 1.80. The van der Waals surface area contributed by atoms with Gasteiger partial charge < -0.3 is 5.11 Å². The van der Waals surface area contributed by atoms with E-state index in [1.807, 2.05) is 5.48 Å². The van der Waals surface area contributed by atoms with Crippen LogP contribution >= 0.6 is 0 Å². The van der Waals surface area contributed by atoms with E-state index in [9.17, 15) is 5.11 Å². The van der Waals surface area contributed by atoms with Crippen molar-refractivity contribution in [1.82, 2.24) is 0 Å². The van der Waals surface area contributed by atoms with Crippen LogP contribution in [-0.2, 0) is 0 Å². The molecule has 0 saturated heterocycles. The number of aryl methyl sites for hydroxylation is 1. The fourth-order valence-electron chi connectivity index (χ4n) is 0.722. The number of nitrogens with one attached hydrogen (secondary N) is 1. The molecule has 0 aliphatic carbocycles. The molecule has 0 saturated carbocycles. The Morgan fingerprint density at radius 1 is 1.50 bits per heavy atom. The van der Waals surface area contributed by atoms with Crippen molar-refractivity contribution in [1.29, 1.82) is 0 Å². The second kappa shape index (κ2) is 2.58. The van der Waals surface area contributed by atoms with E-state index < -0.39 is 0 Å². The zero-order valence-corrected chi connectivity index (χ0v) is 5.59. The van der Waals surface area contributed by atoms with Gasteiger partial charge in [-0.1, -0.05) is 12.1 Å². The molecule has 3 nitrogen and oxygen atoms in total. The lowest BCUT2D eigenvalue weighted by Gasteiger charge is -2.08. The first-order valence-corrected chi connectivity index (χ1v) is 2.92. The third-order valence-electron chi connectivity index (χ3n) is 1.33. The van der Waals surface area contributed by atoms with Gasteiger partial charge in [0.15, 0.2) is 0 Å².